The molecule has 3 rings (SSSR count). The van der Waals surface area contributed by atoms with Gasteiger partial charge in [0.15, 0.2) is 0 Å². The summed E-state index contributed by atoms with van der Waals surface area (Å²) in [7, 11) is -1.54. The Labute approximate surface area is 190 Å². The second kappa shape index (κ2) is 9.86. The molecule has 0 aliphatic carbocycles. The standard InChI is InChI=1S/C23H22F2N2O5S/c1-15-7-12-20(32-3)21(13-15)33(29,30)27(16-8-10-17(31-2)11-9-16)14-22(28)26-23-18(24)5-4-6-19(23)25/h4-13H,14H2,1-3H3,(H,26,28). The molecule has 0 aromatic heterocycles. The van der Waals surface area contributed by atoms with Gasteiger partial charge in [0.05, 0.1) is 19.9 Å². The van der Waals surface area contributed by atoms with Crippen molar-refractivity contribution in [3.63, 3.8) is 0 Å². The van der Waals surface area contributed by atoms with Gasteiger partial charge in [0.2, 0.25) is 5.91 Å². The number of amides is 1. The first kappa shape index (κ1) is 24.0. The van der Waals surface area contributed by atoms with E-state index in [1.54, 1.807) is 13.0 Å². The van der Waals surface area contributed by atoms with E-state index in [2.05, 4.69) is 5.32 Å². The van der Waals surface area contributed by atoms with Crippen LogP contribution in [0.2, 0.25) is 0 Å². The van der Waals surface area contributed by atoms with E-state index in [4.69, 9.17) is 9.47 Å². The molecule has 3 aromatic rings. The number of carbonyl (C=O) groups is 1. The van der Waals surface area contributed by atoms with Gasteiger partial charge in [-0.05, 0) is 61.0 Å². The zero-order chi connectivity index (χ0) is 24.2. The van der Waals surface area contributed by atoms with E-state index in [0.29, 0.717) is 11.3 Å². The van der Waals surface area contributed by atoms with Crippen LogP contribution in [0.1, 0.15) is 5.56 Å². The summed E-state index contributed by atoms with van der Waals surface area (Å²) in [4.78, 5) is 12.6. The van der Waals surface area contributed by atoms with Crippen LogP contribution < -0.4 is 19.1 Å². The van der Waals surface area contributed by atoms with Gasteiger partial charge in [0.25, 0.3) is 10.0 Å². The maximum atomic E-state index is 14.0. The molecule has 0 radical (unpaired) electrons. The number of para-hydroxylation sites is 1. The molecule has 0 saturated heterocycles. The van der Waals surface area contributed by atoms with Gasteiger partial charge < -0.3 is 14.8 Å². The zero-order valence-electron chi connectivity index (χ0n) is 18.1. The number of sulfonamides is 1. The minimum atomic E-state index is -4.33. The van der Waals surface area contributed by atoms with Crippen molar-refractivity contribution < 1.29 is 31.5 Å². The number of halogens is 2. The number of hydrogen-bond acceptors (Lipinski definition) is 5. The lowest BCUT2D eigenvalue weighted by molar-refractivity contribution is -0.114. The van der Waals surface area contributed by atoms with Crippen LogP contribution in [0, 0.1) is 18.6 Å². The van der Waals surface area contributed by atoms with Crippen molar-refractivity contribution in [1.29, 1.82) is 0 Å². The van der Waals surface area contributed by atoms with Crippen LogP contribution in [0.25, 0.3) is 0 Å². The quantitative estimate of drug-likeness (QED) is 0.529. The van der Waals surface area contributed by atoms with E-state index in [1.165, 1.54) is 50.6 Å². The minimum Gasteiger partial charge on any atom is -0.497 e. The van der Waals surface area contributed by atoms with Crippen LogP contribution >= 0.6 is 0 Å². The van der Waals surface area contributed by atoms with E-state index in [0.717, 1.165) is 22.5 Å². The fourth-order valence-electron chi connectivity index (χ4n) is 3.09. The van der Waals surface area contributed by atoms with Gasteiger partial charge in [0, 0.05) is 0 Å². The first-order chi connectivity index (χ1) is 15.7. The van der Waals surface area contributed by atoms with Crippen LogP contribution in [0.15, 0.2) is 65.6 Å². The van der Waals surface area contributed by atoms with Crippen LogP contribution in [0.5, 0.6) is 11.5 Å². The van der Waals surface area contributed by atoms with E-state index < -0.39 is 39.8 Å². The third-order valence-electron chi connectivity index (χ3n) is 4.76. The molecule has 7 nitrogen and oxygen atoms in total. The van der Waals surface area contributed by atoms with Crippen molar-refractivity contribution in [1.82, 2.24) is 0 Å². The van der Waals surface area contributed by atoms with Crippen molar-refractivity contribution in [2.45, 2.75) is 11.8 Å². The van der Waals surface area contributed by atoms with Gasteiger partial charge in [-0.15, -0.1) is 0 Å². The van der Waals surface area contributed by atoms with E-state index >= 15 is 0 Å². The number of methoxy groups -OCH3 is 2. The Kier molecular flexibility index (Phi) is 7.17. The largest absolute Gasteiger partial charge is 0.497 e. The number of carbonyl (C=O) groups excluding carboxylic acids is 1. The fraction of sp³-hybridized carbons (Fsp3) is 0.174. The van der Waals surface area contributed by atoms with Crippen molar-refractivity contribution in [2.24, 2.45) is 0 Å². The molecule has 0 unspecified atom stereocenters. The van der Waals surface area contributed by atoms with Crippen LogP contribution in [0.4, 0.5) is 20.2 Å². The smallest absolute Gasteiger partial charge is 0.268 e. The maximum absolute atomic E-state index is 14.0. The molecule has 0 aliphatic heterocycles. The van der Waals surface area contributed by atoms with Gasteiger partial charge >= 0.3 is 0 Å². The molecular formula is C23H22F2N2O5S. The molecule has 0 bridgehead atoms. The number of nitrogens with one attached hydrogen (secondary N) is 1. The Morgan fingerprint density at radius 3 is 2.18 bits per heavy atom. The fourth-order valence-corrected chi connectivity index (χ4v) is 4.76. The van der Waals surface area contributed by atoms with Gasteiger partial charge in [-0.1, -0.05) is 12.1 Å². The Balaban J connectivity index is 2.04. The molecule has 3 aromatic carbocycles. The van der Waals surface area contributed by atoms with Crippen LogP contribution in [0.3, 0.4) is 0 Å². The van der Waals surface area contributed by atoms with E-state index in [-0.39, 0.29) is 16.3 Å². The molecule has 0 spiro atoms. The maximum Gasteiger partial charge on any atom is 0.268 e. The van der Waals surface area contributed by atoms with Gasteiger partial charge in [-0.2, -0.15) is 0 Å². The minimum absolute atomic E-state index is 0.0830. The van der Waals surface area contributed by atoms with E-state index in [1.807, 2.05) is 0 Å². The number of rotatable bonds is 8. The monoisotopic (exact) mass is 476 g/mol. The first-order valence-corrected chi connectivity index (χ1v) is 11.2. The zero-order valence-corrected chi connectivity index (χ0v) is 18.9. The summed E-state index contributed by atoms with van der Waals surface area (Å²) in [6.45, 7) is 0.962. The van der Waals surface area contributed by atoms with Crippen LogP contribution in [-0.2, 0) is 14.8 Å². The number of benzene rings is 3. The molecule has 1 amide bonds. The molecule has 0 fully saturated rings. The summed E-state index contributed by atoms with van der Waals surface area (Å²) in [6, 6.07) is 13.7. The first-order valence-electron chi connectivity index (χ1n) is 9.72. The van der Waals surface area contributed by atoms with Gasteiger partial charge in [-0.25, -0.2) is 17.2 Å². The second-order valence-corrected chi connectivity index (χ2v) is 8.84. The van der Waals surface area contributed by atoms with Crippen LogP contribution in [-0.4, -0.2) is 35.1 Å². The Hall–Kier alpha value is -3.66. The predicted octanol–water partition coefficient (Wildman–Crippen LogP) is 4.12. The Morgan fingerprint density at radius 2 is 1.61 bits per heavy atom. The SMILES string of the molecule is COc1ccc(N(CC(=O)Nc2c(F)cccc2F)S(=O)(=O)c2cc(C)ccc2OC)cc1. The molecule has 0 atom stereocenters. The number of ether oxygens (including phenoxy) is 2. The van der Waals surface area contributed by atoms with Gasteiger partial charge in [-0.3, -0.25) is 9.10 Å². The van der Waals surface area contributed by atoms with Gasteiger partial charge in [0.1, 0.15) is 40.3 Å². The van der Waals surface area contributed by atoms with Crippen molar-refractivity contribution in [3.8, 4) is 11.5 Å². The molecule has 0 saturated carbocycles. The normalized spacial score (nSPS) is 11.1. The molecular weight excluding hydrogens is 454 g/mol. The molecule has 1 N–H and O–H groups in total. The third kappa shape index (κ3) is 5.23. The molecule has 10 heteroatoms. The molecule has 0 aliphatic rings. The molecule has 0 heterocycles. The second-order valence-electron chi connectivity index (χ2n) is 7.01. The Morgan fingerprint density at radius 1 is 0.970 bits per heavy atom. The number of anilines is 2. The number of aryl methyl sites for hydroxylation is 1. The highest BCUT2D eigenvalue weighted by Gasteiger charge is 2.30. The van der Waals surface area contributed by atoms with Crippen molar-refractivity contribution in [3.05, 3.63) is 77.9 Å². The summed E-state index contributed by atoms with van der Waals surface area (Å²) >= 11 is 0. The van der Waals surface area contributed by atoms with E-state index in [9.17, 15) is 22.0 Å². The lowest BCUT2D eigenvalue weighted by atomic mass is 10.2. The molecule has 33 heavy (non-hydrogen) atoms. The Bertz CT molecular complexity index is 1240. The predicted molar refractivity (Wildman–Crippen MR) is 120 cm³/mol. The number of hydrogen-bond donors (Lipinski definition) is 1. The number of nitrogens with zero attached hydrogens (tertiary/aromatic N) is 1. The van der Waals surface area contributed by atoms with Crippen molar-refractivity contribution in [2.75, 3.05) is 30.4 Å². The highest BCUT2D eigenvalue weighted by molar-refractivity contribution is 7.93. The lowest BCUT2D eigenvalue weighted by Crippen LogP contribution is -2.38. The molecule has 174 valence electrons. The summed E-state index contributed by atoms with van der Waals surface area (Å²) < 4.78 is 66.4. The van der Waals surface area contributed by atoms with Crippen molar-refractivity contribution >= 4 is 27.3 Å². The highest BCUT2D eigenvalue weighted by atomic mass is 32.2. The highest BCUT2D eigenvalue weighted by Crippen LogP contribution is 2.32. The summed E-state index contributed by atoms with van der Waals surface area (Å²) in [5, 5.41) is 2.11. The average molecular weight is 477 g/mol. The summed E-state index contributed by atoms with van der Waals surface area (Å²) in [6.07, 6.45) is 0. The average Bonchev–Trinajstić information content (AvgIpc) is 2.80. The topological polar surface area (TPSA) is 84.9 Å². The third-order valence-corrected chi connectivity index (χ3v) is 6.56. The summed E-state index contributed by atoms with van der Waals surface area (Å²) in [5.74, 6) is -2.35. The lowest BCUT2D eigenvalue weighted by Gasteiger charge is -2.25. The summed E-state index contributed by atoms with van der Waals surface area (Å²) in [5.41, 5.74) is 0.133.